The van der Waals surface area contributed by atoms with Crippen LogP contribution < -0.4 is 5.32 Å². The molecule has 1 aliphatic heterocycles. The SMILES string of the molecule is O=C(CSC1CCCC1)N[C@H]1CCn2nccc2C1. The van der Waals surface area contributed by atoms with Crippen LogP contribution in [-0.4, -0.2) is 32.7 Å². The Hall–Kier alpha value is -0.970. The minimum absolute atomic E-state index is 0.204. The topological polar surface area (TPSA) is 46.9 Å². The molecule has 0 spiro atoms. The van der Waals surface area contributed by atoms with Crippen LogP contribution >= 0.6 is 11.8 Å². The van der Waals surface area contributed by atoms with Gasteiger partial charge in [-0.1, -0.05) is 12.8 Å². The number of nitrogens with one attached hydrogen (secondary N) is 1. The van der Waals surface area contributed by atoms with Gasteiger partial charge in [-0.2, -0.15) is 5.10 Å². The van der Waals surface area contributed by atoms with Crippen molar-refractivity contribution >= 4 is 17.7 Å². The van der Waals surface area contributed by atoms with Crippen LogP contribution in [0.5, 0.6) is 0 Å². The molecule has 104 valence electrons. The van der Waals surface area contributed by atoms with Gasteiger partial charge in [0.05, 0.1) is 5.75 Å². The maximum atomic E-state index is 12.0. The maximum absolute atomic E-state index is 12.0. The smallest absolute Gasteiger partial charge is 0.230 e. The second-order valence-electron chi connectivity index (χ2n) is 5.52. The van der Waals surface area contributed by atoms with Gasteiger partial charge in [-0.3, -0.25) is 9.48 Å². The fourth-order valence-electron chi connectivity index (χ4n) is 3.01. The third kappa shape index (κ3) is 3.32. The number of thioether (sulfide) groups is 1. The van der Waals surface area contributed by atoms with E-state index in [1.165, 1.54) is 31.4 Å². The van der Waals surface area contributed by atoms with E-state index in [0.717, 1.165) is 24.6 Å². The summed E-state index contributed by atoms with van der Waals surface area (Å²) in [5.74, 6) is 0.829. The van der Waals surface area contributed by atoms with Crippen LogP contribution in [0.15, 0.2) is 12.3 Å². The number of nitrogens with zero attached hydrogens (tertiary/aromatic N) is 2. The molecule has 1 N–H and O–H groups in total. The third-order valence-electron chi connectivity index (χ3n) is 4.07. The van der Waals surface area contributed by atoms with E-state index < -0.39 is 0 Å². The van der Waals surface area contributed by atoms with Crippen LogP contribution in [0.2, 0.25) is 0 Å². The lowest BCUT2D eigenvalue weighted by Crippen LogP contribution is -2.41. The summed E-state index contributed by atoms with van der Waals surface area (Å²) in [7, 11) is 0. The Morgan fingerprint density at radius 1 is 1.42 bits per heavy atom. The highest BCUT2D eigenvalue weighted by Gasteiger charge is 2.21. The number of amides is 1. The number of carbonyl (C=O) groups excluding carboxylic acids is 1. The quantitative estimate of drug-likeness (QED) is 0.917. The molecule has 3 rings (SSSR count). The van der Waals surface area contributed by atoms with Crippen LogP contribution in [0.1, 0.15) is 37.8 Å². The first kappa shape index (κ1) is 13.0. The van der Waals surface area contributed by atoms with Gasteiger partial charge in [-0.15, -0.1) is 11.8 Å². The minimum atomic E-state index is 0.204. The summed E-state index contributed by atoms with van der Waals surface area (Å²) in [6.07, 6.45) is 9.02. The Kier molecular flexibility index (Phi) is 4.11. The van der Waals surface area contributed by atoms with Crippen molar-refractivity contribution in [2.45, 2.75) is 56.4 Å². The lowest BCUT2D eigenvalue weighted by atomic mass is 10.0. The molecule has 19 heavy (non-hydrogen) atoms. The molecule has 1 amide bonds. The predicted molar refractivity (Wildman–Crippen MR) is 77.2 cm³/mol. The number of hydrogen-bond donors (Lipinski definition) is 1. The van der Waals surface area contributed by atoms with E-state index in [-0.39, 0.29) is 5.91 Å². The lowest BCUT2D eigenvalue weighted by Gasteiger charge is -2.24. The number of carbonyl (C=O) groups is 1. The van der Waals surface area contributed by atoms with Gasteiger partial charge in [0.15, 0.2) is 0 Å². The van der Waals surface area contributed by atoms with E-state index in [2.05, 4.69) is 10.4 Å². The zero-order valence-corrected chi connectivity index (χ0v) is 12.0. The Bertz CT molecular complexity index is 440. The summed E-state index contributed by atoms with van der Waals surface area (Å²) in [5.41, 5.74) is 1.24. The summed E-state index contributed by atoms with van der Waals surface area (Å²) in [4.78, 5) is 12.0. The van der Waals surface area contributed by atoms with Gasteiger partial charge >= 0.3 is 0 Å². The minimum Gasteiger partial charge on any atom is -0.352 e. The molecule has 1 fully saturated rings. The second-order valence-corrected chi connectivity index (χ2v) is 6.81. The molecule has 2 aliphatic rings. The highest BCUT2D eigenvalue weighted by atomic mass is 32.2. The number of hydrogen-bond acceptors (Lipinski definition) is 3. The van der Waals surface area contributed by atoms with Gasteiger partial charge in [-0.05, 0) is 25.3 Å². The molecule has 0 unspecified atom stereocenters. The first-order valence-corrected chi connectivity index (χ1v) is 8.28. The highest BCUT2D eigenvalue weighted by Crippen LogP contribution is 2.29. The first-order chi connectivity index (χ1) is 9.31. The van der Waals surface area contributed by atoms with Gasteiger partial charge in [0.1, 0.15) is 0 Å². The predicted octanol–water partition coefficient (Wildman–Crippen LogP) is 1.99. The summed E-state index contributed by atoms with van der Waals surface area (Å²) in [6.45, 7) is 0.920. The van der Waals surface area contributed by atoms with E-state index in [1.54, 1.807) is 0 Å². The van der Waals surface area contributed by atoms with Crippen LogP contribution in [0, 0.1) is 0 Å². The molecule has 0 aromatic carbocycles. The monoisotopic (exact) mass is 279 g/mol. The van der Waals surface area contributed by atoms with Gasteiger partial charge < -0.3 is 5.32 Å². The normalized spacial score (nSPS) is 23.3. The van der Waals surface area contributed by atoms with E-state index in [9.17, 15) is 4.79 Å². The fourth-order valence-corrected chi connectivity index (χ4v) is 4.15. The molecule has 5 heteroatoms. The average Bonchev–Trinajstić information content (AvgIpc) is 3.07. The standard InChI is InChI=1S/C14H21N3OS/c18-14(10-19-13-3-1-2-4-13)16-11-6-8-17-12(9-11)5-7-15-17/h5,7,11,13H,1-4,6,8-10H2,(H,16,18)/t11-/m0/s1. The molecule has 0 bridgehead atoms. The first-order valence-electron chi connectivity index (χ1n) is 7.23. The molecule has 1 aromatic heterocycles. The van der Waals surface area contributed by atoms with E-state index in [1.807, 2.05) is 28.7 Å². The zero-order chi connectivity index (χ0) is 13.1. The molecule has 4 nitrogen and oxygen atoms in total. The van der Waals surface area contributed by atoms with E-state index in [4.69, 9.17) is 0 Å². The van der Waals surface area contributed by atoms with Crippen molar-refractivity contribution < 1.29 is 4.79 Å². The van der Waals surface area contributed by atoms with Crippen LogP contribution in [0.4, 0.5) is 0 Å². The largest absolute Gasteiger partial charge is 0.352 e. The van der Waals surface area contributed by atoms with Crippen molar-refractivity contribution in [2.75, 3.05) is 5.75 Å². The number of fused-ring (bicyclic) bond motifs is 1. The molecule has 1 saturated carbocycles. The van der Waals surface area contributed by atoms with Crippen molar-refractivity contribution in [3.63, 3.8) is 0 Å². The Labute approximate surface area is 118 Å². The number of rotatable bonds is 4. The van der Waals surface area contributed by atoms with Crippen molar-refractivity contribution in [1.82, 2.24) is 15.1 Å². The van der Waals surface area contributed by atoms with Crippen molar-refractivity contribution in [3.8, 4) is 0 Å². The lowest BCUT2D eigenvalue weighted by molar-refractivity contribution is -0.119. The van der Waals surface area contributed by atoms with Gasteiger partial charge in [-0.25, -0.2) is 0 Å². The van der Waals surface area contributed by atoms with E-state index in [0.29, 0.717) is 11.8 Å². The van der Waals surface area contributed by atoms with Crippen molar-refractivity contribution in [2.24, 2.45) is 0 Å². The molecule has 0 saturated heterocycles. The molecular weight excluding hydrogens is 258 g/mol. The van der Waals surface area contributed by atoms with Crippen LogP contribution in [0.25, 0.3) is 0 Å². The van der Waals surface area contributed by atoms with Crippen LogP contribution in [-0.2, 0) is 17.8 Å². The highest BCUT2D eigenvalue weighted by molar-refractivity contribution is 8.00. The van der Waals surface area contributed by atoms with E-state index >= 15 is 0 Å². The molecule has 2 heterocycles. The van der Waals surface area contributed by atoms with Gasteiger partial charge in [0.2, 0.25) is 5.91 Å². The summed E-state index contributed by atoms with van der Waals surface area (Å²) in [5, 5.41) is 8.15. The zero-order valence-electron chi connectivity index (χ0n) is 11.2. The van der Waals surface area contributed by atoms with Crippen molar-refractivity contribution in [1.29, 1.82) is 0 Å². The Balaban J connectivity index is 1.42. The third-order valence-corrected chi connectivity index (χ3v) is 5.44. The summed E-state index contributed by atoms with van der Waals surface area (Å²) in [6, 6.07) is 2.34. The maximum Gasteiger partial charge on any atom is 0.230 e. The number of aromatic nitrogens is 2. The molecular formula is C14H21N3OS. The molecule has 1 atom stereocenters. The second kappa shape index (κ2) is 5.99. The summed E-state index contributed by atoms with van der Waals surface area (Å²) >= 11 is 1.84. The Morgan fingerprint density at radius 3 is 3.11 bits per heavy atom. The molecule has 1 aromatic rings. The van der Waals surface area contributed by atoms with Crippen molar-refractivity contribution in [3.05, 3.63) is 18.0 Å². The average molecular weight is 279 g/mol. The van der Waals surface area contributed by atoms with Gasteiger partial charge in [0.25, 0.3) is 0 Å². The molecule has 0 radical (unpaired) electrons. The Morgan fingerprint density at radius 2 is 2.26 bits per heavy atom. The summed E-state index contributed by atoms with van der Waals surface area (Å²) < 4.78 is 2.04. The number of aryl methyl sites for hydroxylation is 1. The molecule has 1 aliphatic carbocycles. The van der Waals surface area contributed by atoms with Gasteiger partial charge in [0, 0.05) is 36.1 Å². The fraction of sp³-hybridized carbons (Fsp3) is 0.714. The van der Waals surface area contributed by atoms with Crippen LogP contribution in [0.3, 0.4) is 0 Å².